The second kappa shape index (κ2) is 8.09. The number of rotatable bonds is 5. The minimum Gasteiger partial charge on any atom is -0.452 e. The van der Waals surface area contributed by atoms with Crippen LogP contribution < -0.4 is 4.74 Å². The average Bonchev–Trinajstić information content (AvgIpc) is 3.40. The molecular formula is C27H20F2N2O3. The molecule has 0 bridgehead atoms. The lowest BCUT2D eigenvalue weighted by Crippen LogP contribution is -2.24. The van der Waals surface area contributed by atoms with Crippen molar-refractivity contribution in [2.24, 2.45) is 0 Å². The van der Waals surface area contributed by atoms with Gasteiger partial charge in [-0.2, -0.15) is 8.78 Å². The zero-order valence-corrected chi connectivity index (χ0v) is 18.1. The summed E-state index contributed by atoms with van der Waals surface area (Å²) >= 11 is 0. The van der Waals surface area contributed by atoms with Gasteiger partial charge in [0.2, 0.25) is 5.91 Å². The minimum absolute atomic E-state index is 0.0257. The van der Waals surface area contributed by atoms with Crippen molar-refractivity contribution in [2.45, 2.75) is 25.5 Å². The van der Waals surface area contributed by atoms with Gasteiger partial charge in [0.15, 0.2) is 11.3 Å². The Balaban J connectivity index is 1.35. The summed E-state index contributed by atoms with van der Waals surface area (Å²) in [5.74, 6) is -0.0653. The Morgan fingerprint density at radius 3 is 2.79 bits per heavy atom. The second-order valence-corrected chi connectivity index (χ2v) is 8.57. The maximum absolute atomic E-state index is 13.0. The predicted molar refractivity (Wildman–Crippen MR) is 125 cm³/mol. The molecule has 170 valence electrons. The van der Waals surface area contributed by atoms with E-state index in [9.17, 15) is 13.6 Å². The van der Waals surface area contributed by atoms with Crippen LogP contribution in [0.4, 0.5) is 8.78 Å². The van der Waals surface area contributed by atoms with E-state index in [1.165, 1.54) is 6.07 Å². The Hall–Kier alpha value is -4.00. The first-order chi connectivity index (χ1) is 16.6. The molecule has 1 aliphatic heterocycles. The number of amides is 1. The van der Waals surface area contributed by atoms with E-state index in [0.717, 1.165) is 21.9 Å². The van der Waals surface area contributed by atoms with Crippen LogP contribution in [0.2, 0.25) is 0 Å². The summed E-state index contributed by atoms with van der Waals surface area (Å²) in [6.45, 7) is -1.92. The van der Waals surface area contributed by atoms with Gasteiger partial charge < -0.3 is 14.1 Å². The number of halogens is 2. The van der Waals surface area contributed by atoms with E-state index in [-0.39, 0.29) is 23.2 Å². The topological polar surface area (TPSA) is 55.6 Å². The van der Waals surface area contributed by atoms with Crippen molar-refractivity contribution in [2.75, 3.05) is 6.54 Å². The molecule has 1 saturated heterocycles. The molecule has 1 aliphatic rings. The minimum atomic E-state index is -2.97. The van der Waals surface area contributed by atoms with Crippen molar-refractivity contribution in [1.82, 2.24) is 9.88 Å². The fourth-order valence-corrected chi connectivity index (χ4v) is 4.95. The lowest BCUT2D eigenvalue weighted by Gasteiger charge is -2.18. The second-order valence-electron chi connectivity index (χ2n) is 8.57. The normalized spacial score (nSPS) is 16.4. The summed E-state index contributed by atoms with van der Waals surface area (Å²) in [6.07, 6.45) is 3.58. The third kappa shape index (κ3) is 3.53. The molecule has 5 nitrogen and oxygen atoms in total. The van der Waals surface area contributed by atoms with Gasteiger partial charge in [-0.25, -0.2) is 0 Å². The number of likely N-dealkylation sites (tertiary alicyclic amines) is 1. The summed E-state index contributed by atoms with van der Waals surface area (Å²) < 4.78 is 36.6. The zero-order valence-electron chi connectivity index (χ0n) is 18.1. The Morgan fingerprint density at radius 1 is 1.09 bits per heavy atom. The molecule has 0 saturated carbocycles. The van der Waals surface area contributed by atoms with E-state index >= 15 is 0 Å². The highest BCUT2D eigenvalue weighted by molar-refractivity contribution is 6.08. The number of ether oxygens (including phenoxy) is 1. The first-order valence-electron chi connectivity index (χ1n) is 11.1. The molecule has 0 radical (unpaired) electrons. The molecule has 34 heavy (non-hydrogen) atoms. The largest absolute Gasteiger partial charge is 0.452 e. The van der Waals surface area contributed by atoms with Crippen LogP contribution in [0, 0.1) is 0 Å². The van der Waals surface area contributed by atoms with E-state index in [2.05, 4.69) is 29.2 Å². The first-order valence-corrected chi connectivity index (χ1v) is 11.1. The highest BCUT2D eigenvalue weighted by atomic mass is 19.3. The molecule has 3 heterocycles. The number of alkyl halides is 2. The quantitative estimate of drug-likeness (QED) is 0.312. The number of aromatic nitrogens is 1. The van der Waals surface area contributed by atoms with E-state index < -0.39 is 6.61 Å². The van der Waals surface area contributed by atoms with Gasteiger partial charge in [-0.15, -0.1) is 0 Å². The third-order valence-electron chi connectivity index (χ3n) is 6.47. The summed E-state index contributed by atoms with van der Waals surface area (Å²) in [5, 5.41) is 3.68. The Kier molecular flexibility index (Phi) is 4.90. The zero-order chi connectivity index (χ0) is 23.2. The summed E-state index contributed by atoms with van der Waals surface area (Å²) in [5.41, 5.74) is 2.73. The van der Waals surface area contributed by atoms with Gasteiger partial charge in [-0.05, 0) is 40.1 Å². The van der Waals surface area contributed by atoms with Gasteiger partial charge in [0.1, 0.15) is 5.58 Å². The lowest BCUT2D eigenvalue weighted by atomic mass is 9.93. The van der Waals surface area contributed by atoms with Crippen LogP contribution >= 0.6 is 0 Å². The van der Waals surface area contributed by atoms with Gasteiger partial charge in [0.05, 0.1) is 0 Å². The molecule has 1 unspecified atom stereocenters. The predicted octanol–water partition coefficient (Wildman–Crippen LogP) is 6.25. The molecule has 1 fully saturated rings. The van der Waals surface area contributed by atoms with Crippen LogP contribution in [-0.4, -0.2) is 28.9 Å². The smallest absolute Gasteiger partial charge is 0.387 e. The van der Waals surface area contributed by atoms with Gasteiger partial charge in [0, 0.05) is 48.6 Å². The number of nitrogens with zero attached hydrogens (tertiary/aromatic N) is 2. The van der Waals surface area contributed by atoms with Gasteiger partial charge >= 0.3 is 6.61 Å². The fourth-order valence-electron chi connectivity index (χ4n) is 4.95. The first kappa shape index (κ1) is 20.6. The molecule has 2 aromatic heterocycles. The van der Waals surface area contributed by atoms with Crippen LogP contribution in [0.5, 0.6) is 5.75 Å². The molecule has 0 spiro atoms. The van der Waals surface area contributed by atoms with Crippen LogP contribution in [0.15, 0.2) is 77.5 Å². The lowest BCUT2D eigenvalue weighted by molar-refractivity contribution is -0.128. The van der Waals surface area contributed by atoms with E-state index in [0.29, 0.717) is 35.9 Å². The molecule has 0 aliphatic carbocycles. The molecule has 1 amide bonds. The summed E-state index contributed by atoms with van der Waals surface area (Å²) in [4.78, 5) is 19.0. The third-order valence-corrected chi connectivity index (χ3v) is 6.47. The number of pyridine rings is 1. The number of hydrogen-bond donors (Lipinski definition) is 0. The van der Waals surface area contributed by atoms with E-state index in [1.54, 1.807) is 24.5 Å². The Morgan fingerprint density at radius 2 is 1.94 bits per heavy atom. The molecule has 1 atom stereocenters. The van der Waals surface area contributed by atoms with Crippen molar-refractivity contribution >= 4 is 38.6 Å². The SMILES string of the molecule is O=C1CC(c2ccc(OC(F)F)c3oc4ccncc4c23)CN1Cc1ccc2ccccc2c1. The highest BCUT2D eigenvalue weighted by Gasteiger charge is 2.33. The number of carbonyl (C=O) groups excluding carboxylic acids is 1. The maximum Gasteiger partial charge on any atom is 0.387 e. The molecular weight excluding hydrogens is 438 g/mol. The van der Waals surface area contributed by atoms with Crippen LogP contribution in [-0.2, 0) is 11.3 Å². The number of carbonyl (C=O) groups is 1. The standard InChI is InChI=1S/C27H20F2N2O3/c28-27(29)34-23-8-7-20(25-21-13-30-10-9-22(21)33-26(23)25)19-12-24(32)31(15-19)14-16-5-6-17-3-1-2-4-18(17)11-16/h1-11,13,19,27H,12,14-15H2. The highest BCUT2D eigenvalue weighted by Crippen LogP contribution is 2.42. The van der Waals surface area contributed by atoms with E-state index in [1.807, 2.05) is 23.1 Å². The van der Waals surface area contributed by atoms with Gasteiger partial charge in [-0.3, -0.25) is 9.78 Å². The summed E-state index contributed by atoms with van der Waals surface area (Å²) in [7, 11) is 0. The van der Waals surface area contributed by atoms with E-state index in [4.69, 9.17) is 9.15 Å². The van der Waals surface area contributed by atoms with Crippen LogP contribution in [0.25, 0.3) is 32.7 Å². The monoisotopic (exact) mass is 458 g/mol. The van der Waals surface area contributed by atoms with Crippen molar-refractivity contribution in [3.63, 3.8) is 0 Å². The number of hydrogen-bond acceptors (Lipinski definition) is 4. The van der Waals surface area contributed by atoms with Crippen molar-refractivity contribution in [3.05, 3.63) is 84.2 Å². The average molecular weight is 458 g/mol. The number of benzene rings is 3. The van der Waals surface area contributed by atoms with Crippen LogP contribution in [0.1, 0.15) is 23.5 Å². The maximum atomic E-state index is 13.0. The number of fused-ring (bicyclic) bond motifs is 4. The van der Waals surface area contributed by atoms with Crippen molar-refractivity contribution in [3.8, 4) is 5.75 Å². The van der Waals surface area contributed by atoms with Crippen molar-refractivity contribution < 1.29 is 22.7 Å². The van der Waals surface area contributed by atoms with Gasteiger partial charge in [0.25, 0.3) is 0 Å². The van der Waals surface area contributed by atoms with Gasteiger partial charge in [-0.1, -0.05) is 42.5 Å². The molecule has 0 N–H and O–H groups in total. The Labute approximate surface area is 193 Å². The fraction of sp³-hybridized carbons (Fsp3) is 0.185. The molecule has 5 aromatic rings. The summed E-state index contributed by atoms with van der Waals surface area (Å²) in [6, 6.07) is 19.3. The van der Waals surface area contributed by atoms with Crippen molar-refractivity contribution in [1.29, 1.82) is 0 Å². The molecule has 3 aromatic carbocycles. The molecule has 7 heteroatoms. The number of furan rings is 1. The van der Waals surface area contributed by atoms with Crippen LogP contribution in [0.3, 0.4) is 0 Å². The Bertz CT molecular complexity index is 1550. The molecule has 6 rings (SSSR count).